The van der Waals surface area contributed by atoms with Crippen LogP contribution in [-0.2, 0) is 0 Å². The Morgan fingerprint density at radius 2 is 1.60 bits per heavy atom. The van der Waals surface area contributed by atoms with Crippen LogP contribution in [0.5, 0.6) is 0 Å². The van der Waals surface area contributed by atoms with Gasteiger partial charge in [0, 0.05) is 20.3 Å². The first kappa shape index (κ1) is 14.9. The maximum Gasteiger partial charge on any atom is 0.323 e. The highest BCUT2D eigenvalue weighted by atomic mass is 79.9. The van der Waals surface area contributed by atoms with Crippen LogP contribution in [0, 0.1) is 6.92 Å². The lowest BCUT2D eigenvalue weighted by Gasteiger charge is -2.12. The molecule has 20 heavy (non-hydrogen) atoms. The third-order valence-electron chi connectivity index (χ3n) is 2.59. The first-order valence-corrected chi connectivity index (χ1v) is 7.43. The van der Waals surface area contributed by atoms with Crippen LogP contribution in [0.1, 0.15) is 5.56 Å². The number of carbonyl (C=O) groups is 1. The second-order valence-electron chi connectivity index (χ2n) is 4.30. The van der Waals surface area contributed by atoms with Gasteiger partial charge in [0.05, 0.1) is 5.69 Å². The summed E-state index contributed by atoms with van der Waals surface area (Å²) in [6.07, 6.45) is 0. The Morgan fingerprint density at radius 1 is 1.05 bits per heavy atom. The summed E-state index contributed by atoms with van der Waals surface area (Å²) in [7, 11) is 0. The van der Waals surface area contributed by atoms with Gasteiger partial charge in [-0.05, 0) is 80.7 Å². The van der Waals surface area contributed by atoms with Crippen molar-refractivity contribution in [3.63, 3.8) is 0 Å². The molecule has 0 atom stereocenters. The van der Waals surface area contributed by atoms with Crippen LogP contribution in [0.2, 0.25) is 0 Å². The minimum Gasteiger partial charge on any atom is -0.399 e. The molecule has 104 valence electrons. The zero-order chi connectivity index (χ0) is 14.7. The van der Waals surface area contributed by atoms with E-state index in [2.05, 4.69) is 42.5 Å². The van der Waals surface area contributed by atoms with E-state index in [9.17, 15) is 4.79 Å². The number of nitrogens with one attached hydrogen (secondary N) is 2. The van der Waals surface area contributed by atoms with Crippen LogP contribution in [0.15, 0.2) is 45.3 Å². The lowest BCUT2D eigenvalue weighted by molar-refractivity contribution is 0.262. The number of aryl methyl sites for hydroxylation is 1. The van der Waals surface area contributed by atoms with Gasteiger partial charge in [0.15, 0.2) is 0 Å². The molecule has 6 heteroatoms. The fraction of sp³-hybridized carbons (Fsp3) is 0.0714. The zero-order valence-corrected chi connectivity index (χ0v) is 13.9. The molecule has 0 saturated heterocycles. The van der Waals surface area contributed by atoms with Gasteiger partial charge in [-0.1, -0.05) is 0 Å². The van der Waals surface area contributed by atoms with Crippen molar-refractivity contribution in [2.24, 2.45) is 0 Å². The average molecular weight is 399 g/mol. The van der Waals surface area contributed by atoms with Gasteiger partial charge in [-0.2, -0.15) is 0 Å². The Kier molecular flexibility index (Phi) is 4.67. The molecular weight excluding hydrogens is 386 g/mol. The number of rotatable bonds is 2. The molecule has 0 fully saturated rings. The summed E-state index contributed by atoms with van der Waals surface area (Å²) in [4.78, 5) is 12.0. The Labute approximate surface area is 134 Å². The molecule has 0 aliphatic carbocycles. The predicted octanol–water partition coefficient (Wildman–Crippen LogP) is 4.75. The van der Waals surface area contributed by atoms with E-state index in [0.29, 0.717) is 17.1 Å². The molecule has 0 aliphatic rings. The van der Waals surface area contributed by atoms with Gasteiger partial charge in [0.1, 0.15) is 0 Å². The van der Waals surface area contributed by atoms with Crippen molar-refractivity contribution >= 4 is 55.0 Å². The number of hydrogen-bond acceptors (Lipinski definition) is 2. The minimum atomic E-state index is -0.319. The van der Waals surface area contributed by atoms with Gasteiger partial charge in [-0.25, -0.2) is 4.79 Å². The fourth-order valence-electron chi connectivity index (χ4n) is 1.66. The predicted molar refractivity (Wildman–Crippen MR) is 90.1 cm³/mol. The molecule has 2 amide bonds. The third kappa shape index (κ3) is 3.74. The molecule has 0 spiro atoms. The van der Waals surface area contributed by atoms with Crippen LogP contribution in [0.4, 0.5) is 21.9 Å². The van der Waals surface area contributed by atoms with Crippen molar-refractivity contribution in [3.8, 4) is 0 Å². The largest absolute Gasteiger partial charge is 0.399 e. The Hall–Kier alpha value is -1.53. The second-order valence-corrected chi connectivity index (χ2v) is 6.01. The minimum absolute atomic E-state index is 0.319. The van der Waals surface area contributed by atoms with E-state index in [4.69, 9.17) is 5.73 Å². The molecule has 2 aromatic carbocycles. The van der Waals surface area contributed by atoms with E-state index >= 15 is 0 Å². The molecule has 0 saturated carbocycles. The maximum atomic E-state index is 12.0. The summed E-state index contributed by atoms with van der Waals surface area (Å²) >= 11 is 6.86. The van der Waals surface area contributed by atoms with Gasteiger partial charge in [-0.15, -0.1) is 0 Å². The first-order chi connectivity index (χ1) is 9.45. The normalized spacial score (nSPS) is 10.2. The summed E-state index contributed by atoms with van der Waals surface area (Å²) in [5.41, 5.74) is 8.70. The number of carbonyl (C=O) groups excluding carboxylic acids is 1. The SMILES string of the molecule is Cc1cc(Br)c(NC(=O)Nc2ccc(N)cc2)c(Br)c1. The quantitative estimate of drug-likeness (QED) is 0.639. The van der Waals surface area contributed by atoms with Crippen molar-refractivity contribution in [2.45, 2.75) is 6.92 Å². The van der Waals surface area contributed by atoms with Gasteiger partial charge in [0.25, 0.3) is 0 Å². The molecule has 2 aromatic rings. The van der Waals surface area contributed by atoms with E-state index in [1.54, 1.807) is 24.3 Å². The highest BCUT2D eigenvalue weighted by molar-refractivity contribution is 9.11. The molecule has 0 unspecified atom stereocenters. The highest BCUT2D eigenvalue weighted by Gasteiger charge is 2.10. The third-order valence-corrected chi connectivity index (χ3v) is 3.84. The van der Waals surface area contributed by atoms with Gasteiger partial charge >= 0.3 is 6.03 Å². The summed E-state index contributed by atoms with van der Waals surface area (Å²) in [5.74, 6) is 0. The summed E-state index contributed by atoms with van der Waals surface area (Å²) in [6, 6.07) is 10.5. The van der Waals surface area contributed by atoms with Crippen molar-refractivity contribution in [2.75, 3.05) is 16.4 Å². The van der Waals surface area contributed by atoms with Crippen molar-refractivity contribution in [1.82, 2.24) is 0 Å². The molecule has 4 nitrogen and oxygen atoms in total. The summed E-state index contributed by atoms with van der Waals surface area (Å²) < 4.78 is 1.63. The molecule has 0 bridgehead atoms. The molecule has 4 N–H and O–H groups in total. The lowest BCUT2D eigenvalue weighted by atomic mass is 10.2. The van der Waals surface area contributed by atoms with E-state index in [1.807, 2.05) is 19.1 Å². The number of urea groups is 1. The topological polar surface area (TPSA) is 67.2 Å². The van der Waals surface area contributed by atoms with Gasteiger partial charge in [-0.3, -0.25) is 0 Å². The molecule has 0 radical (unpaired) electrons. The highest BCUT2D eigenvalue weighted by Crippen LogP contribution is 2.32. The monoisotopic (exact) mass is 397 g/mol. The Bertz CT molecular complexity index is 618. The van der Waals surface area contributed by atoms with E-state index < -0.39 is 0 Å². The molecule has 2 rings (SSSR count). The Balaban J connectivity index is 2.10. The Morgan fingerprint density at radius 3 is 2.15 bits per heavy atom. The second kappa shape index (κ2) is 6.28. The summed E-state index contributed by atoms with van der Waals surface area (Å²) in [6.45, 7) is 1.98. The van der Waals surface area contributed by atoms with E-state index in [0.717, 1.165) is 14.5 Å². The van der Waals surface area contributed by atoms with E-state index in [-0.39, 0.29) is 6.03 Å². The van der Waals surface area contributed by atoms with Gasteiger partial charge < -0.3 is 16.4 Å². The molecule has 0 heterocycles. The number of nitrogen functional groups attached to an aromatic ring is 1. The number of anilines is 3. The lowest BCUT2D eigenvalue weighted by Crippen LogP contribution is -2.20. The number of amides is 2. The standard InChI is InChI=1S/C14H13Br2N3O/c1-8-6-11(15)13(12(16)7-8)19-14(20)18-10-4-2-9(17)3-5-10/h2-7H,17H2,1H3,(H2,18,19,20). The summed E-state index contributed by atoms with van der Waals surface area (Å²) in [5, 5.41) is 5.53. The van der Waals surface area contributed by atoms with Crippen LogP contribution in [0.3, 0.4) is 0 Å². The number of halogens is 2. The smallest absolute Gasteiger partial charge is 0.323 e. The maximum absolute atomic E-state index is 12.0. The van der Waals surface area contributed by atoms with Crippen molar-refractivity contribution < 1.29 is 4.79 Å². The average Bonchev–Trinajstić information content (AvgIpc) is 2.36. The number of benzene rings is 2. The van der Waals surface area contributed by atoms with Crippen LogP contribution >= 0.6 is 31.9 Å². The van der Waals surface area contributed by atoms with Crippen LogP contribution in [0.25, 0.3) is 0 Å². The van der Waals surface area contributed by atoms with Crippen molar-refractivity contribution in [3.05, 3.63) is 50.9 Å². The zero-order valence-electron chi connectivity index (χ0n) is 10.7. The van der Waals surface area contributed by atoms with Crippen LogP contribution in [-0.4, -0.2) is 6.03 Å². The van der Waals surface area contributed by atoms with Crippen LogP contribution < -0.4 is 16.4 Å². The molecule has 0 aromatic heterocycles. The number of hydrogen-bond donors (Lipinski definition) is 3. The van der Waals surface area contributed by atoms with Crippen molar-refractivity contribution in [1.29, 1.82) is 0 Å². The molecule has 0 aliphatic heterocycles. The fourth-order valence-corrected chi connectivity index (χ4v) is 3.28. The number of nitrogens with two attached hydrogens (primary N) is 1. The first-order valence-electron chi connectivity index (χ1n) is 5.85. The van der Waals surface area contributed by atoms with E-state index in [1.165, 1.54) is 0 Å². The molecular formula is C14H13Br2N3O. The van der Waals surface area contributed by atoms with Gasteiger partial charge in [0.2, 0.25) is 0 Å².